The van der Waals surface area contributed by atoms with E-state index in [1.807, 2.05) is 7.05 Å². The minimum Gasteiger partial charge on any atom is -0.288 e. The van der Waals surface area contributed by atoms with Crippen LogP contribution in [0.1, 0.15) is 31.4 Å². The van der Waals surface area contributed by atoms with Crippen LogP contribution in [0.15, 0.2) is 40.9 Å². The summed E-state index contributed by atoms with van der Waals surface area (Å²) in [6, 6.07) is 8.49. The first-order chi connectivity index (χ1) is 7.17. The third-order valence-electron chi connectivity index (χ3n) is 2.53. The van der Waals surface area contributed by atoms with Gasteiger partial charge < -0.3 is 0 Å². The number of hydrogen-bond acceptors (Lipinski definition) is 1. The molecular weight excluding hydrogens is 182 g/mol. The molecule has 0 unspecified atom stereocenters. The van der Waals surface area contributed by atoms with E-state index in [2.05, 4.69) is 56.1 Å². The molecule has 1 heteroatoms. The van der Waals surface area contributed by atoms with Crippen molar-refractivity contribution in [1.82, 2.24) is 0 Å². The van der Waals surface area contributed by atoms with Crippen molar-refractivity contribution in [2.24, 2.45) is 4.99 Å². The Balaban J connectivity index is 2.99. The van der Waals surface area contributed by atoms with Gasteiger partial charge in [0.1, 0.15) is 0 Å². The smallest absolute Gasteiger partial charge is 0.0642 e. The average molecular weight is 201 g/mol. The molecule has 1 aromatic carbocycles. The van der Waals surface area contributed by atoms with Gasteiger partial charge in [-0.05, 0) is 31.9 Å². The Morgan fingerprint density at radius 1 is 1.27 bits per heavy atom. The lowest BCUT2D eigenvalue weighted by Gasteiger charge is -2.03. The standard InChI is InChI=1S/C14H19N/c1-5-11(2)10-14(15-4)13-8-6-12(3)7-9-13/h6-10H,5H2,1-4H3/b11-10+,15-14?. The number of benzene rings is 1. The summed E-state index contributed by atoms with van der Waals surface area (Å²) in [5.74, 6) is 0. The lowest BCUT2D eigenvalue weighted by Crippen LogP contribution is -1.97. The van der Waals surface area contributed by atoms with E-state index in [0.717, 1.165) is 12.1 Å². The van der Waals surface area contributed by atoms with E-state index < -0.39 is 0 Å². The number of rotatable bonds is 3. The SMILES string of the molecule is CC/C(C)=C/C(=NC)c1ccc(C)cc1. The summed E-state index contributed by atoms with van der Waals surface area (Å²) >= 11 is 0. The predicted molar refractivity (Wildman–Crippen MR) is 67.7 cm³/mol. The van der Waals surface area contributed by atoms with Crippen LogP contribution < -0.4 is 0 Å². The topological polar surface area (TPSA) is 12.4 Å². The zero-order valence-electron chi connectivity index (χ0n) is 10.0. The van der Waals surface area contributed by atoms with Crippen molar-refractivity contribution in [2.45, 2.75) is 27.2 Å². The Morgan fingerprint density at radius 2 is 1.87 bits per heavy atom. The van der Waals surface area contributed by atoms with Crippen LogP contribution in [0.2, 0.25) is 0 Å². The molecule has 1 rings (SSSR count). The highest BCUT2D eigenvalue weighted by Gasteiger charge is 1.99. The van der Waals surface area contributed by atoms with Gasteiger partial charge in [-0.25, -0.2) is 0 Å². The van der Waals surface area contributed by atoms with Crippen LogP contribution in [0.25, 0.3) is 0 Å². The highest BCUT2D eigenvalue weighted by atomic mass is 14.7. The second-order valence-electron chi connectivity index (χ2n) is 3.82. The van der Waals surface area contributed by atoms with Gasteiger partial charge in [-0.3, -0.25) is 4.99 Å². The van der Waals surface area contributed by atoms with Gasteiger partial charge in [-0.1, -0.05) is 42.3 Å². The molecule has 0 aliphatic carbocycles. The molecule has 0 fully saturated rings. The second-order valence-corrected chi connectivity index (χ2v) is 3.82. The molecule has 0 spiro atoms. The zero-order chi connectivity index (χ0) is 11.3. The summed E-state index contributed by atoms with van der Waals surface area (Å²) in [6.07, 6.45) is 3.23. The molecule has 0 saturated heterocycles. The molecule has 0 radical (unpaired) electrons. The van der Waals surface area contributed by atoms with Crippen LogP contribution in [-0.4, -0.2) is 12.8 Å². The summed E-state index contributed by atoms with van der Waals surface area (Å²) < 4.78 is 0. The first-order valence-electron chi connectivity index (χ1n) is 5.38. The van der Waals surface area contributed by atoms with Crippen molar-refractivity contribution in [2.75, 3.05) is 7.05 Å². The van der Waals surface area contributed by atoms with E-state index >= 15 is 0 Å². The van der Waals surface area contributed by atoms with Crippen LogP contribution in [0.3, 0.4) is 0 Å². The third kappa shape index (κ3) is 3.35. The third-order valence-corrected chi connectivity index (χ3v) is 2.53. The number of allylic oxidation sites excluding steroid dienone is 2. The lowest BCUT2D eigenvalue weighted by molar-refractivity contribution is 1.10. The van der Waals surface area contributed by atoms with Gasteiger partial charge in [-0.15, -0.1) is 0 Å². The van der Waals surface area contributed by atoms with E-state index in [4.69, 9.17) is 0 Å². The second kappa shape index (κ2) is 5.50. The molecule has 0 atom stereocenters. The van der Waals surface area contributed by atoms with Gasteiger partial charge in [0.25, 0.3) is 0 Å². The number of hydrogen-bond donors (Lipinski definition) is 0. The van der Waals surface area contributed by atoms with Crippen LogP contribution in [0.5, 0.6) is 0 Å². The minimum absolute atomic E-state index is 1.06. The van der Waals surface area contributed by atoms with Gasteiger partial charge in [-0.2, -0.15) is 0 Å². The van der Waals surface area contributed by atoms with Gasteiger partial charge in [0.15, 0.2) is 0 Å². The lowest BCUT2D eigenvalue weighted by atomic mass is 10.1. The Bertz CT molecular complexity index is 369. The molecule has 0 aliphatic heterocycles. The van der Waals surface area contributed by atoms with Crippen LogP contribution in [0, 0.1) is 6.92 Å². The van der Waals surface area contributed by atoms with Gasteiger partial charge >= 0.3 is 0 Å². The average Bonchev–Trinajstić information content (AvgIpc) is 2.27. The van der Waals surface area contributed by atoms with Crippen molar-refractivity contribution in [3.05, 3.63) is 47.0 Å². The van der Waals surface area contributed by atoms with E-state index in [9.17, 15) is 0 Å². The molecule has 1 nitrogen and oxygen atoms in total. The van der Waals surface area contributed by atoms with E-state index in [1.54, 1.807) is 0 Å². The zero-order valence-corrected chi connectivity index (χ0v) is 10.0. The van der Waals surface area contributed by atoms with Crippen molar-refractivity contribution in [1.29, 1.82) is 0 Å². The normalized spacial score (nSPS) is 13.1. The minimum atomic E-state index is 1.06. The van der Waals surface area contributed by atoms with Crippen molar-refractivity contribution in [3.63, 3.8) is 0 Å². The van der Waals surface area contributed by atoms with E-state index in [-0.39, 0.29) is 0 Å². The number of aliphatic imine (C=N–C) groups is 1. The quantitative estimate of drug-likeness (QED) is 0.660. The van der Waals surface area contributed by atoms with Crippen LogP contribution >= 0.6 is 0 Å². The fourth-order valence-electron chi connectivity index (χ4n) is 1.34. The van der Waals surface area contributed by atoms with Gasteiger partial charge in [0.2, 0.25) is 0 Å². The fourth-order valence-corrected chi connectivity index (χ4v) is 1.34. The molecule has 0 N–H and O–H groups in total. The number of nitrogens with zero attached hydrogens (tertiary/aromatic N) is 1. The summed E-state index contributed by atoms with van der Waals surface area (Å²) in [6.45, 7) is 6.40. The summed E-state index contributed by atoms with van der Waals surface area (Å²) in [5, 5.41) is 0. The predicted octanol–water partition coefficient (Wildman–Crippen LogP) is 3.77. The maximum atomic E-state index is 4.32. The molecule has 80 valence electrons. The maximum absolute atomic E-state index is 4.32. The summed E-state index contributed by atoms with van der Waals surface area (Å²) in [4.78, 5) is 4.32. The molecule has 15 heavy (non-hydrogen) atoms. The Labute approximate surface area is 92.6 Å². The molecule has 0 heterocycles. The Kier molecular flexibility index (Phi) is 4.29. The largest absolute Gasteiger partial charge is 0.288 e. The molecule has 0 aromatic heterocycles. The number of aryl methyl sites for hydroxylation is 1. The van der Waals surface area contributed by atoms with Crippen molar-refractivity contribution < 1.29 is 0 Å². The molecule has 0 bridgehead atoms. The van der Waals surface area contributed by atoms with Gasteiger partial charge in [0.05, 0.1) is 5.71 Å². The summed E-state index contributed by atoms with van der Waals surface area (Å²) in [5.41, 5.74) is 4.90. The summed E-state index contributed by atoms with van der Waals surface area (Å²) in [7, 11) is 1.84. The van der Waals surface area contributed by atoms with Gasteiger partial charge in [0, 0.05) is 7.05 Å². The molecule has 0 aliphatic rings. The molecule has 0 saturated carbocycles. The van der Waals surface area contributed by atoms with E-state index in [1.165, 1.54) is 16.7 Å². The molecular formula is C14H19N. The Morgan fingerprint density at radius 3 is 2.33 bits per heavy atom. The maximum Gasteiger partial charge on any atom is 0.0642 e. The van der Waals surface area contributed by atoms with Crippen molar-refractivity contribution in [3.8, 4) is 0 Å². The first kappa shape index (κ1) is 11.7. The highest BCUT2D eigenvalue weighted by molar-refractivity contribution is 6.08. The first-order valence-corrected chi connectivity index (χ1v) is 5.38. The fraction of sp³-hybridized carbons (Fsp3) is 0.357. The van der Waals surface area contributed by atoms with Crippen LogP contribution in [-0.2, 0) is 0 Å². The highest BCUT2D eigenvalue weighted by Crippen LogP contribution is 2.08. The monoisotopic (exact) mass is 201 g/mol. The Hall–Kier alpha value is -1.37. The molecule has 0 amide bonds. The van der Waals surface area contributed by atoms with Crippen molar-refractivity contribution >= 4 is 5.71 Å². The van der Waals surface area contributed by atoms with E-state index in [0.29, 0.717) is 0 Å². The molecule has 1 aromatic rings. The van der Waals surface area contributed by atoms with Crippen LogP contribution in [0.4, 0.5) is 0 Å².